The highest BCUT2D eigenvalue weighted by molar-refractivity contribution is 5.72. The highest BCUT2D eigenvalue weighted by Crippen LogP contribution is 2.06. The smallest absolute Gasteiger partial charge is 0.310 e. The predicted molar refractivity (Wildman–Crippen MR) is 66.3 cm³/mol. The fraction of sp³-hybridized carbons (Fsp3) is 0.538. The molecule has 2 atom stereocenters. The Balaban J connectivity index is 2.39. The lowest BCUT2D eigenvalue weighted by molar-refractivity contribution is -0.148. The molecule has 0 aliphatic heterocycles. The Labute approximate surface area is 102 Å². The summed E-state index contributed by atoms with van der Waals surface area (Å²) in [6, 6.07) is 3.99. The molecular formula is C13H20N2O2. The van der Waals surface area contributed by atoms with Crippen molar-refractivity contribution in [2.24, 2.45) is 5.92 Å². The van der Waals surface area contributed by atoms with Gasteiger partial charge < -0.3 is 10.1 Å². The SMILES string of the molecule is CCOC(=O)C(C)C(C)NCc1ccncc1. The van der Waals surface area contributed by atoms with Gasteiger partial charge in [-0.3, -0.25) is 9.78 Å². The summed E-state index contributed by atoms with van der Waals surface area (Å²) in [7, 11) is 0. The van der Waals surface area contributed by atoms with Crippen LogP contribution in [-0.2, 0) is 16.1 Å². The van der Waals surface area contributed by atoms with Crippen molar-refractivity contribution in [2.75, 3.05) is 6.61 Å². The fourth-order valence-corrected chi connectivity index (χ4v) is 1.43. The summed E-state index contributed by atoms with van der Waals surface area (Å²) in [4.78, 5) is 15.5. The van der Waals surface area contributed by atoms with Gasteiger partial charge in [0, 0.05) is 25.0 Å². The van der Waals surface area contributed by atoms with Gasteiger partial charge in [0.2, 0.25) is 0 Å². The summed E-state index contributed by atoms with van der Waals surface area (Å²) >= 11 is 0. The third-order valence-corrected chi connectivity index (χ3v) is 2.79. The first-order valence-corrected chi connectivity index (χ1v) is 5.94. The van der Waals surface area contributed by atoms with Crippen LogP contribution in [0.3, 0.4) is 0 Å². The van der Waals surface area contributed by atoms with E-state index in [1.54, 1.807) is 12.4 Å². The molecule has 0 spiro atoms. The number of aromatic nitrogens is 1. The Hall–Kier alpha value is -1.42. The summed E-state index contributed by atoms with van der Waals surface area (Å²) in [6.45, 7) is 6.85. The molecular weight excluding hydrogens is 216 g/mol. The van der Waals surface area contributed by atoms with Gasteiger partial charge in [0.1, 0.15) is 0 Å². The van der Waals surface area contributed by atoms with Crippen molar-refractivity contribution in [3.8, 4) is 0 Å². The number of carbonyl (C=O) groups excluding carboxylic acids is 1. The Morgan fingerprint density at radius 3 is 2.65 bits per heavy atom. The molecule has 0 fully saturated rings. The molecule has 4 nitrogen and oxygen atoms in total. The number of rotatable bonds is 6. The summed E-state index contributed by atoms with van der Waals surface area (Å²) in [6.07, 6.45) is 3.52. The molecule has 0 aromatic carbocycles. The van der Waals surface area contributed by atoms with E-state index in [0.717, 1.165) is 12.1 Å². The van der Waals surface area contributed by atoms with Crippen molar-refractivity contribution in [3.05, 3.63) is 30.1 Å². The first kappa shape index (κ1) is 13.6. The van der Waals surface area contributed by atoms with Crippen LogP contribution in [0, 0.1) is 5.92 Å². The van der Waals surface area contributed by atoms with Crippen LogP contribution in [0.5, 0.6) is 0 Å². The number of pyridine rings is 1. The molecule has 17 heavy (non-hydrogen) atoms. The van der Waals surface area contributed by atoms with Gasteiger partial charge in [0.25, 0.3) is 0 Å². The van der Waals surface area contributed by atoms with Crippen molar-refractivity contribution < 1.29 is 9.53 Å². The number of ether oxygens (including phenoxy) is 1. The molecule has 1 aromatic rings. The van der Waals surface area contributed by atoms with Crippen LogP contribution in [0.1, 0.15) is 26.3 Å². The molecule has 1 N–H and O–H groups in total. The van der Waals surface area contributed by atoms with Gasteiger partial charge in [-0.15, -0.1) is 0 Å². The second-order valence-corrected chi connectivity index (χ2v) is 4.07. The Morgan fingerprint density at radius 1 is 1.41 bits per heavy atom. The Bertz CT molecular complexity index is 341. The zero-order valence-electron chi connectivity index (χ0n) is 10.6. The summed E-state index contributed by atoms with van der Waals surface area (Å²) < 4.78 is 4.99. The second kappa shape index (κ2) is 7.01. The molecule has 0 saturated heterocycles. The minimum Gasteiger partial charge on any atom is -0.466 e. The van der Waals surface area contributed by atoms with E-state index in [0.29, 0.717) is 6.61 Å². The van der Waals surface area contributed by atoms with Crippen molar-refractivity contribution in [3.63, 3.8) is 0 Å². The van der Waals surface area contributed by atoms with Gasteiger partial charge in [0.05, 0.1) is 12.5 Å². The molecule has 0 amide bonds. The van der Waals surface area contributed by atoms with E-state index in [2.05, 4.69) is 10.3 Å². The minimum absolute atomic E-state index is 0.0854. The van der Waals surface area contributed by atoms with Crippen LogP contribution in [0.15, 0.2) is 24.5 Å². The number of esters is 1. The standard InChI is InChI=1S/C13H20N2O2/c1-4-17-13(16)10(2)11(3)15-9-12-5-7-14-8-6-12/h5-8,10-11,15H,4,9H2,1-3H3. The lowest BCUT2D eigenvalue weighted by Crippen LogP contribution is -2.36. The predicted octanol–water partition coefficient (Wildman–Crippen LogP) is 1.76. The molecule has 1 heterocycles. The van der Waals surface area contributed by atoms with Gasteiger partial charge in [0.15, 0.2) is 0 Å². The average molecular weight is 236 g/mol. The molecule has 2 unspecified atom stereocenters. The maximum absolute atomic E-state index is 11.5. The maximum Gasteiger partial charge on any atom is 0.310 e. The molecule has 0 radical (unpaired) electrons. The van der Waals surface area contributed by atoms with Crippen molar-refractivity contribution in [2.45, 2.75) is 33.4 Å². The molecule has 0 saturated carbocycles. The topological polar surface area (TPSA) is 51.2 Å². The fourth-order valence-electron chi connectivity index (χ4n) is 1.43. The zero-order valence-corrected chi connectivity index (χ0v) is 10.6. The first-order valence-electron chi connectivity index (χ1n) is 5.94. The largest absolute Gasteiger partial charge is 0.466 e. The number of carbonyl (C=O) groups is 1. The monoisotopic (exact) mass is 236 g/mol. The van der Waals surface area contributed by atoms with E-state index in [-0.39, 0.29) is 17.9 Å². The molecule has 4 heteroatoms. The third kappa shape index (κ3) is 4.53. The molecule has 0 aliphatic rings. The van der Waals surface area contributed by atoms with Crippen LogP contribution in [-0.4, -0.2) is 23.6 Å². The van der Waals surface area contributed by atoms with Crippen LogP contribution in [0.2, 0.25) is 0 Å². The zero-order chi connectivity index (χ0) is 12.7. The lowest BCUT2D eigenvalue weighted by Gasteiger charge is -2.19. The quantitative estimate of drug-likeness (QED) is 0.765. The van der Waals surface area contributed by atoms with Gasteiger partial charge >= 0.3 is 5.97 Å². The summed E-state index contributed by atoms with van der Waals surface area (Å²) in [5.74, 6) is -0.293. The van der Waals surface area contributed by atoms with E-state index in [4.69, 9.17) is 4.74 Å². The van der Waals surface area contributed by atoms with E-state index >= 15 is 0 Å². The van der Waals surface area contributed by atoms with E-state index in [9.17, 15) is 4.79 Å². The third-order valence-electron chi connectivity index (χ3n) is 2.79. The normalized spacial score (nSPS) is 14.1. The number of hydrogen-bond donors (Lipinski definition) is 1. The van der Waals surface area contributed by atoms with Crippen molar-refractivity contribution in [1.29, 1.82) is 0 Å². The van der Waals surface area contributed by atoms with E-state index < -0.39 is 0 Å². The molecule has 1 aromatic heterocycles. The Morgan fingerprint density at radius 2 is 2.06 bits per heavy atom. The highest BCUT2D eigenvalue weighted by Gasteiger charge is 2.20. The molecule has 94 valence electrons. The van der Waals surface area contributed by atoms with Crippen molar-refractivity contribution >= 4 is 5.97 Å². The number of nitrogens with one attached hydrogen (secondary N) is 1. The van der Waals surface area contributed by atoms with Crippen LogP contribution >= 0.6 is 0 Å². The van der Waals surface area contributed by atoms with Gasteiger partial charge in [-0.25, -0.2) is 0 Å². The van der Waals surface area contributed by atoms with Crippen LogP contribution < -0.4 is 5.32 Å². The molecule has 1 rings (SSSR count). The van der Waals surface area contributed by atoms with Gasteiger partial charge in [-0.2, -0.15) is 0 Å². The first-order chi connectivity index (χ1) is 8.15. The highest BCUT2D eigenvalue weighted by atomic mass is 16.5. The molecule has 0 aliphatic carbocycles. The van der Waals surface area contributed by atoms with Crippen LogP contribution in [0.25, 0.3) is 0 Å². The van der Waals surface area contributed by atoms with Gasteiger partial charge in [-0.1, -0.05) is 6.92 Å². The Kier molecular flexibility index (Phi) is 5.63. The van der Waals surface area contributed by atoms with E-state index in [1.165, 1.54) is 0 Å². The average Bonchev–Trinajstić information content (AvgIpc) is 2.36. The molecule has 0 bridgehead atoms. The summed E-state index contributed by atoms with van der Waals surface area (Å²) in [5, 5.41) is 3.31. The van der Waals surface area contributed by atoms with E-state index in [1.807, 2.05) is 32.9 Å². The number of hydrogen-bond acceptors (Lipinski definition) is 4. The lowest BCUT2D eigenvalue weighted by atomic mass is 10.0. The van der Waals surface area contributed by atoms with Gasteiger partial charge in [-0.05, 0) is 31.5 Å². The maximum atomic E-state index is 11.5. The number of nitrogens with zero attached hydrogens (tertiary/aromatic N) is 1. The van der Waals surface area contributed by atoms with Crippen molar-refractivity contribution in [1.82, 2.24) is 10.3 Å². The van der Waals surface area contributed by atoms with Crippen LogP contribution in [0.4, 0.5) is 0 Å². The summed E-state index contributed by atoms with van der Waals surface area (Å²) in [5.41, 5.74) is 1.16. The minimum atomic E-state index is -0.151. The second-order valence-electron chi connectivity index (χ2n) is 4.07.